The lowest BCUT2D eigenvalue weighted by molar-refractivity contribution is 0.604. The van der Waals surface area contributed by atoms with Crippen molar-refractivity contribution in [3.63, 3.8) is 0 Å². The fourth-order valence-corrected chi connectivity index (χ4v) is 2.54. The van der Waals surface area contributed by atoms with E-state index in [9.17, 15) is 8.42 Å². The topological polar surface area (TPSA) is 85.1 Å². The summed E-state index contributed by atoms with van der Waals surface area (Å²) in [4.78, 5) is 3.83. The molecule has 0 aliphatic heterocycles. The Hall–Kier alpha value is -0.730. The van der Waals surface area contributed by atoms with Crippen LogP contribution in [0.1, 0.15) is 5.56 Å². The molecule has 0 saturated heterocycles. The number of hydrogen-bond donors (Lipinski definition) is 2. The van der Waals surface area contributed by atoms with Crippen molar-refractivity contribution in [2.45, 2.75) is 6.92 Å². The SMILES string of the molecule is Cc1cc(NS(=O)(=O)CC(N)=S)ncc1Br. The Morgan fingerprint density at radius 1 is 1.69 bits per heavy atom. The predicted octanol–water partition coefficient (Wildman–Crippen LogP) is 1.18. The lowest BCUT2D eigenvalue weighted by Crippen LogP contribution is -2.26. The summed E-state index contributed by atoms with van der Waals surface area (Å²) in [5.41, 5.74) is 6.05. The van der Waals surface area contributed by atoms with Crippen molar-refractivity contribution >= 4 is 49.0 Å². The molecule has 8 heteroatoms. The molecule has 0 aliphatic carbocycles. The van der Waals surface area contributed by atoms with Gasteiger partial charge in [0, 0.05) is 10.7 Å². The predicted molar refractivity (Wildman–Crippen MR) is 70.9 cm³/mol. The summed E-state index contributed by atoms with van der Waals surface area (Å²) in [6.07, 6.45) is 1.52. The third-order valence-corrected chi connectivity index (χ3v) is 4.01. The number of halogens is 1. The van der Waals surface area contributed by atoms with E-state index in [1.165, 1.54) is 6.20 Å². The van der Waals surface area contributed by atoms with E-state index in [2.05, 4.69) is 37.9 Å². The Morgan fingerprint density at radius 2 is 2.31 bits per heavy atom. The third kappa shape index (κ3) is 4.03. The second-order valence-electron chi connectivity index (χ2n) is 3.15. The van der Waals surface area contributed by atoms with Gasteiger partial charge < -0.3 is 5.73 Å². The lowest BCUT2D eigenvalue weighted by Gasteiger charge is -2.07. The van der Waals surface area contributed by atoms with Crippen LogP contribution in [-0.4, -0.2) is 24.1 Å². The molecule has 0 unspecified atom stereocenters. The second kappa shape index (κ2) is 5.07. The van der Waals surface area contributed by atoms with Crippen LogP contribution in [-0.2, 0) is 10.0 Å². The molecule has 0 spiro atoms. The van der Waals surface area contributed by atoms with E-state index < -0.39 is 10.0 Å². The van der Waals surface area contributed by atoms with Crippen molar-refractivity contribution in [3.05, 3.63) is 22.3 Å². The first-order chi connectivity index (χ1) is 7.30. The molecule has 0 fully saturated rings. The van der Waals surface area contributed by atoms with E-state index >= 15 is 0 Å². The number of nitrogens with two attached hydrogens (primary N) is 1. The summed E-state index contributed by atoms with van der Waals surface area (Å²) in [5.74, 6) is -0.143. The zero-order valence-corrected chi connectivity index (χ0v) is 11.6. The van der Waals surface area contributed by atoms with E-state index in [0.29, 0.717) is 0 Å². The molecule has 0 atom stereocenters. The van der Waals surface area contributed by atoms with Gasteiger partial charge in [0.1, 0.15) is 11.6 Å². The van der Waals surface area contributed by atoms with Gasteiger partial charge in [-0.1, -0.05) is 12.2 Å². The van der Waals surface area contributed by atoms with Crippen LogP contribution < -0.4 is 10.5 Å². The van der Waals surface area contributed by atoms with Crippen LogP contribution in [0.4, 0.5) is 5.82 Å². The first-order valence-electron chi connectivity index (χ1n) is 4.21. The molecule has 0 aromatic carbocycles. The summed E-state index contributed by atoms with van der Waals surface area (Å²) in [6, 6.07) is 1.61. The van der Waals surface area contributed by atoms with Gasteiger partial charge in [-0.15, -0.1) is 0 Å². The summed E-state index contributed by atoms with van der Waals surface area (Å²) in [7, 11) is -3.56. The van der Waals surface area contributed by atoms with E-state index in [4.69, 9.17) is 5.73 Å². The molecule has 1 aromatic rings. The van der Waals surface area contributed by atoms with Gasteiger partial charge in [0.25, 0.3) is 0 Å². The number of aryl methyl sites for hydroxylation is 1. The van der Waals surface area contributed by atoms with Crippen LogP contribution in [0.3, 0.4) is 0 Å². The largest absolute Gasteiger partial charge is 0.392 e. The van der Waals surface area contributed by atoms with Crippen LogP contribution in [0.25, 0.3) is 0 Å². The molecular weight excluding hydrogens is 314 g/mol. The van der Waals surface area contributed by atoms with Crippen molar-refractivity contribution in [2.75, 3.05) is 10.5 Å². The quantitative estimate of drug-likeness (QED) is 0.813. The standard InChI is InChI=1S/C8H10BrN3O2S2/c1-5-2-8(11-3-6(5)9)12-16(13,14)4-7(10)15/h2-3H,4H2,1H3,(H2,10,15)(H,11,12). The fourth-order valence-electron chi connectivity index (χ4n) is 0.978. The lowest BCUT2D eigenvalue weighted by atomic mass is 10.3. The maximum atomic E-state index is 11.5. The van der Waals surface area contributed by atoms with Crippen LogP contribution in [0.5, 0.6) is 0 Å². The highest BCUT2D eigenvalue weighted by molar-refractivity contribution is 9.10. The first kappa shape index (κ1) is 13.3. The van der Waals surface area contributed by atoms with Gasteiger partial charge >= 0.3 is 0 Å². The Bertz CT molecular complexity index is 516. The molecule has 0 radical (unpaired) electrons. The van der Waals surface area contributed by atoms with Gasteiger partial charge in [-0.3, -0.25) is 4.72 Å². The van der Waals surface area contributed by atoms with Crippen molar-refractivity contribution in [1.82, 2.24) is 4.98 Å². The van der Waals surface area contributed by atoms with Crippen molar-refractivity contribution in [1.29, 1.82) is 0 Å². The number of hydrogen-bond acceptors (Lipinski definition) is 4. The van der Waals surface area contributed by atoms with Gasteiger partial charge in [0.15, 0.2) is 0 Å². The number of pyridine rings is 1. The molecular formula is C8H10BrN3O2S2. The maximum Gasteiger partial charge on any atom is 0.240 e. The van der Waals surface area contributed by atoms with Crippen LogP contribution in [0, 0.1) is 6.92 Å². The molecule has 16 heavy (non-hydrogen) atoms. The Labute approximate surface area is 108 Å². The fraction of sp³-hybridized carbons (Fsp3) is 0.250. The molecule has 0 bridgehead atoms. The normalized spacial score (nSPS) is 11.1. The van der Waals surface area contributed by atoms with Gasteiger partial charge in [0.2, 0.25) is 10.0 Å². The second-order valence-corrected chi connectivity index (χ2v) is 6.25. The number of nitrogens with zero attached hydrogens (tertiary/aromatic N) is 1. The Balaban J connectivity index is 2.88. The van der Waals surface area contributed by atoms with Gasteiger partial charge in [-0.25, -0.2) is 13.4 Å². The first-order valence-corrected chi connectivity index (χ1v) is 7.06. The molecule has 0 amide bonds. The summed E-state index contributed by atoms with van der Waals surface area (Å²) in [5, 5.41) is 0. The molecule has 0 saturated carbocycles. The highest BCUT2D eigenvalue weighted by atomic mass is 79.9. The van der Waals surface area contributed by atoms with Gasteiger partial charge in [-0.2, -0.15) is 0 Å². The monoisotopic (exact) mass is 323 g/mol. The minimum absolute atomic E-state index is 0.0821. The van der Waals surface area contributed by atoms with Crippen LogP contribution in [0.15, 0.2) is 16.7 Å². The number of anilines is 1. The highest BCUT2D eigenvalue weighted by Gasteiger charge is 2.12. The van der Waals surface area contributed by atoms with E-state index in [0.717, 1.165) is 10.0 Å². The van der Waals surface area contributed by atoms with Crippen molar-refractivity contribution in [3.8, 4) is 0 Å². The molecule has 5 nitrogen and oxygen atoms in total. The number of sulfonamides is 1. The molecule has 1 rings (SSSR count). The highest BCUT2D eigenvalue weighted by Crippen LogP contribution is 2.17. The van der Waals surface area contributed by atoms with E-state index in [-0.39, 0.29) is 16.6 Å². The van der Waals surface area contributed by atoms with E-state index in [1.54, 1.807) is 6.07 Å². The smallest absolute Gasteiger partial charge is 0.240 e. The van der Waals surface area contributed by atoms with E-state index in [1.807, 2.05) is 6.92 Å². The summed E-state index contributed by atoms with van der Waals surface area (Å²) in [6.45, 7) is 1.83. The average Bonchev–Trinajstić information content (AvgIpc) is 2.08. The minimum Gasteiger partial charge on any atom is -0.392 e. The Kier molecular flexibility index (Phi) is 4.22. The van der Waals surface area contributed by atoms with Crippen molar-refractivity contribution < 1.29 is 8.42 Å². The number of thiocarbonyl (C=S) groups is 1. The minimum atomic E-state index is -3.56. The Morgan fingerprint density at radius 3 is 2.81 bits per heavy atom. The van der Waals surface area contributed by atoms with Gasteiger partial charge in [-0.05, 0) is 34.5 Å². The molecule has 1 aromatic heterocycles. The van der Waals surface area contributed by atoms with Gasteiger partial charge in [0.05, 0.1) is 4.99 Å². The van der Waals surface area contributed by atoms with Crippen LogP contribution >= 0.6 is 28.1 Å². The average molecular weight is 324 g/mol. The number of aromatic nitrogens is 1. The molecule has 3 N–H and O–H groups in total. The van der Waals surface area contributed by atoms with Crippen LogP contribution in [0.2, 0.25) is 0 Å². The zero-order chi connectivity index (χ0) is 12.3. The number of nitrogens with one attached hydrogen (secondary N) is 1. The zero-order valence-electron chi connectivity index (χ0n) is 8.40. The summed E-state index contributed by atoms with van der Waals surface area (Å²) >= 11 is 7.81. The van der Waals surface area contributed by atoms with Crippen molar-refractivity contribution in [2.24, 2.45) is 5.73 Å². The number of rotatable bonds is 4. The summed E-state index contributed by atoms with van der Waals surface area (Å²) < 4.78 is 26.1. The molecule has 0 aliphatic rings. The molecule has 88 valence electrons. The molecule has 1 heterocycles. The maximum absolute atomic E-state index is 11.5. The third-order valence-electron chi connectivity index (χ3n) is 1.64.